The Kier molecular flexibility index (Phi) is 2.56. The van der Waals surface area contributed by atoms with Gasteiger partial charge in [-0.3, -0.25) is 9.80 Å². The molecular weight excluding hydrogens is 179 g/mol. The van der Waals surface area contributed by atoms with Crippen molar-refractivity contribution in [2.45, 2.75) is 44.9 Å². The Bertz CT molecular complexity index is 206. The van der Waals surface area contributed by atoms with Crippen molar-refractivity contribution in [1.82, 2.24) is 9.80 Å². The van der Waals surface area contributed by atoms with Gasteiger partial charge in [0, 0.05) is 37.8 Å². The van der Waals surface area contributed by atoms with Gasteiger partial charge >= 0.3 is 0 Å². The predicted molar refractivity (Wildman–Crippen MR) is 56.2 cm³/mol. The van der Waals surface area contributed by atoms with Crippen LogP contribution < -0.4 is 0 Å². The standard InChI is InChI=1S/C11H21FN2/c1-11(2,3)14-7-10(8-14)13-5-4-9(12)6-13/h9-10H,4-8H2,1-3H3/t9-/m0/s1. The highest BCUT2D eigenvalue weighted by Crippen LogP contribution is 2.27. The first kappa shape index (κ1) is 10.4. The van der Waals surface area contributed by atoms with Gasteiger partial charge < -0.3 is 0 Å². The summed E-state index contributed by atoms with van der Waals surface area (Å²) in [5, 5.41) is 0. The van der Waals surface area contributed by atoms with Gasteiger partial charge in [0.2, 0.25) is 0 Å². The monoisotopic (exact) mass is 200 g/mol. The van der Waals surface area contributed by atoms with Crippen LogP contribution in [-0.2, 0) is 0 Å². The Morgan fingerprint density at radius 3 is 2.21 bits per heavy atom. The van der Waals surface area contributed by atoms with Crippen molar-refractivity contribution in [2.75, 3.05) is 26.2 Å². The summed E-state index contributed by atoms with van der Waals surface area (Å²) in [7, 11) is 0. The molecule has 0 aromatic heterocycles. The first-order valence-electron chi connectivity index (χ1n) is 5.60. The third-order valence-corrected chi connectivity index (χ3v) is 3.49. The summed E-state index contributed by atoms with van der Waals surface area (Å²) >= 11 is 0. The summed E-state index contributed by atoms with van der Waals surface area (Å²) in [5.41, 5.74) is 0.283. The molecule has 0 spiro atoms. The second-order valence-corrected chi connectivity index (χ2v) is 5.61. The highest BCUT2D eigenvalue weighted by Gasteiger charge is 2.39. The van der Waals surface area contributed by atoms with E-state index in [2.05, 4.69) is 30.6 Å². The van der Waals surface area contributed by atoms with Crippen molar-refractivity contribution in [3.63, 3.8) is 0 Å². The van der Waals surface area contributed by atoms with Crippen LogP contribution in [0, 0.1) is 0 Å². The number of rotatable bonds is 1. The summed E-state index contributed by atoms with van der Waals surface area (Å²) in [4.78, 5) is 4.77. The quantitative estimate of drug-likeness (QED) is 0.633. The summed E-state index contributed by atoms with van der Waals surface area (Å²) in [6.45, 7) is 10.6. The predicted octanol–water partition coefficient (Wildman–Crippen LogP) is 1.51. The maximum Gasteiger partial charge on any atom is 0.114 e. The zero-order valence-electron chi connectivity index (χ0n) is 9.46. The molecule has 2 saturated heterocycles. The molecule has 14 heavy (non-hydrogen) atoms. The van der Waals surface area contributed by atoms with Crippen LogP contribution in [0.15, 0.2) is 0 Å². The minimum Gasteiger partial charge on any atom is -0.295 e. The van der Waals surface area contributed by atoms with E-state index in [-0.39, 0.29) is 5.54 Å². The van der Waals surface area contributed by atoms with Crippen LogP contribution in [0.3, 0.4) is 0 Å². The van der Waals surface area contributed by atoms with Crippen molar-refractivity contribution >= 4 is 0 Å². The van der Waals surface area contributed by atoms with Crippen molar-refractivity contribution in [2.24, 2.45) is 0 Å². The van der Waals surface area contributed by atoms with E-state index in [1.54, 1.807) is 0 Å². The lowest BCUT2D eigenvalue weighted by Crippen LogP contribution is -2.64. The number of nitrogens with zero attached hydrogens (tertiary/aromatic N) is 2. The van der Waals surface area contributed by atoms with Gasteiger partial charge in [0.25, 0.3) is 0 Å². The zero-order valence-corrected chi connectivity index (χ0v) is 9.46. The van der Waals surface area contributed by atoms with Crippen LogP contribution in [0.25, 0.3) is 0 Å². The van der Waals surface area contributed by atoms with Gasteiger partial charge in [-0.1, -0.05) is 0 Å². The molecule has 0 aromatic carbocycles. The van der Waals surface area contributed by atoms with Crippen molar-refractivity contribution < 1.29 is 4.39 Å². The molecule has 0 bridgehead atoms. The SMILES string of the molecule is CC(C)(C)N1CC(N2CC[C@H](F)C2)C1. The molecule has 2 nitrogen and oxygen atoms in total. The van der Waals surface area contributed by atoms with Crippen molar-refractivity contribution in [1.29, 1.82) is 0 Å². The molecule has 1 atom stereocenters. The zero-order chi connectivity index (χ0) is 10.3. The molecule has 0 amide bonds. The molecule has 3 heteroatoms. The van der Waals surface area contributed by atoms with Crippen LogP contribution in [0.1, 0.15) is 27.2 Å². The lowest BCUT2D eigenvalue weighted by atomic mass is 9.97. The summed E-state index contributed by atoms with van der Waals surface area (Å²) in [6.07, 6.45) is 0.171. The molecule has 82 valence electrons. The Morgan fingerprint density at radius 1 is 1.14 bits per heavy atom. The topological polar surface area (TPSA) is 6.48 Å². The van der Waals surface area contributed by atoms with Gasteiger partial charge in [-0.05, 0) is 27.2 Å². The fourth-order valence-corrected chi connectivity index (χ4v) is 2.31. The van der Waals surface area contributed by atoms with E-state index in [1.807, 2.05) is 0 Å². The molecule has 0 aromatic rings. The van der Waals surface area contributed by atoms with E-state index in [9.17, 15) is 4.39 Å². The number of halogens is 1. The summed E-state index contributed by atoms with van der Waals surface area (Å²) < 4.78 is 13.0. The van der Waals surface area contributed by atoms with Crippen LogP contribution >= 0.6 is 0 Å². The maximum absolute atomic E-state index is 13.0. The Labute approximate surface area is 86.1 Å². The van der Waals surface area contributed by atoms with E-state index in [1.165, 1.54) is 0 Å². The normalized spacial score (nSPS) is 32.1. The van der Waals surface area contributed by atoms with Crippen molar-refractivity contribution in [3.05, 3.63) is 0 Å². The second kappa shape index (κ2) is 3.46. The maximum atomic E-state index is 13.0. The van der Waals surface area contributed by atoms with Crippen LogP contribution in [0.4, 0.5) is 4.39 Å². The van der Waals surface area contributed by atoms with E-state index >= 15 is 0 Å². The summed E-state index contributed by atoms with van der Waals surface area (Å²) in [5.74, 6) is 0. The van der Waals surface area contributed by atoms with E-state index in [0.717, 1.165) is 26.1 Å². The minimum absolute atomic E-state index is 0.283. The largest absolute Gasteiger partial charge is 0.295 e. The summed E-state index contributed by atoms with van der Waals surface area (Å²) in [6, 6.07) is 0.620. The van der Waals surface area contributed by atoms with Gasteiger partial charge in [0.1, 0.15) is 6.17 Å². The molecular formula is C11H21FN2. The van der Waals surface area contributed by atoms with Gasteiger partial charge in [-0.2, -0.15) is 0 Å². The smallest absolute Gasteiger partial charge is 0.114 e. The molecule has 2 aliphatic heterocycles. The van der Waals surface area contributed by atoms with Crippen LogP contribution in [-0.4, -0.2) is 53.7 Å². The number of hydrogen-bond donors (Lipinski definition) is 0. The van der Waals surface area contributed by atoms with Crippen LogP contribution in [0.5, 0.6) is 0 Å². The Morgan fingerprint density at radius 2 is 1.79 bits per heavy atom. The van der Waals surface area contributed by atoms with Gasteiger partial charge in [0.05, 0.1) is 0 Å². The third kappa shape index (κ3) is 1.94. The number of alkyl halides is 1. The fourth-order valence-electron chi connectivity index (χ4n) is 2.31. The van der Waals surface area contributed by atoms with E-state index in [0.29, 0.717) is 12.6 Å². The van der Waals surface area contributed by atoms with E-state index < -0.39 is 6.17 Å². The van der Waals surface area contributed by atoms with Gasteiger partial charge in [-0.25, -0.2) is 4.39 Å². The molecule has 0 aliphatic carbocycles. The lowest BCUT2D eigenvalue weighted by Gasteiger charge is -2.50. The van der Waals surface area contributed by atoms with E-state index in [4.69, 9.17) is 0 Å². The average Bonchev–Trinajstić information content (AvgIpc) is 2.28. The second-order valence-electron chi connectivity index (χ2n) is 5.61. The fraction of sp³-hybridized carbons (Fsp3) is 1.00. The highest BCUT2D eigenvalue weighted by atomic mass is 19.1. The molecule has 2 heterocycles. The lowest BCUT2D eigenvalue weighted by molar-refractivity contribution is -0.0153. The molecule has 0 N–H and O–H groups in total. The molecule has 2 fully saturated rings. The Balaban J connectivity index is 1.78. The third-order valence-electron chi connectivity index (χ3n) is 3.49. The highest BCUT2D eigenvalue weighted by molar-refractivity contribution is 4.96. The first-order valence-corrected chi connectivity index (χ1v) is 5.60. The van der Waals surface area contributed by atoms with Gasteiger partial charge in [-0.15, -0.1) is 0 Å². The Hall–Kier alpha value is -0.150. The van der Waals surface area contributed by atoms with Gasteiger partial charge in [0.15, 0.2) is 0 Å². The molecule has 2 rings (SSSR count). The number of likely N-dealkylation sites (tertiary alicyclic amines) is 2. The number of hydrogen-bond acceptors (Lipinski definition) is 2. The minimum atomic E-state index is -0.571. The molecule has 0 unspecified atom stereocenters. The van der Waals surface area contributed by atoms with Crippen molar-refractivity contribution in [3.8, 4) is 0 Å². The molecule has 2 aliphatic rings. The molecule has 0 saturated carbocycles. The van der Waals surface area contributed by atoms with Crippen LogP contribution in [0.2, 0.25) is 0 Å². The average molecular weight is 200 g/mol. The molecule has 0 radical (unpaired) electrons. The first-order chi connectivity index (χ1) is 6.47.